The molecule has 1 atom stereocenters. The second-order valence-corrected chi connectivity index (χ2v) is 11.5. The van der Waals surface area contributed by atoms with E-state index in [4.69, 9.17) is 9.83 Å². The molecule has 2 aliphatic heterocycles. The van der Waals surface area contributed by atoms with Gasteiger partial charge in [0.25, 0.3) is 10.0 Å². The van der Waals surface area contributed by atoms with Gasteiger partial charge in [-0.1, -0.05) is 35.2 Å². The summed E-state index contributed by atoms with van der Waals surface area (Å²) in [7, 11) is -2.21. The number of carbonyl (C=O) groups is 1. The summed E-state index contributed by atoms with van der Waals surface area (Å²) in [5, 5.41) is 2.70. The van der Waals surface area contributed by atoms with Crippen LogP contribution >= 0.6 is 0 Å². The molecule has 0 aromatic heterocycles. The number of halogens is 1. The van der Waals surface area contributed by atoms with Crippen molar-refractivity contribution in [2.24, 2.45) is 4.99 Å². The normalized spacial score (nSPS) is 18.1. The fourth-order valence-corrected chi connectivity index (χ4v) is 6.04. The van der Waals surface area contributed by atoms with Crippen LogP contribution in [-0.4, -0.2) is 64.8 Å². The molecule has 0 spiro atoms. The zero-order valence-electron chi connectivity index (χ0n) is 22.6. The Morgan fingerprint density at radius 3 is 2.50 bits per heavy atom. The number of anilines is 2. The van der Waals surface area contributed by atoms with Crippen LogP contribution in [-0.2, 0) is 19.7 Å². The maximum absolute atomic E-state index is 14.9. The number of benzene rings is 3. The predicted molar refractivity (Wildman–Crippen MR) is 153 cm³/mol. The molecule has 0 radical (unpaired) electrons. The maximum Gasteiger partial charge on any atom is 0.265 e. The molecule has 2 aliphatic rings. The number of hydrogen-bond donors (Lipinski definition) is 2. The van der Waals surface area contributed by atoms with E-state index in [9.17, 15) is 17.6 Å². The molecule has 0 aliphatic carbocycles. The zero-order chi connectivity index (χ0) is 28.4. The lowest BCUT2D eigenvalue weighted by atomic mass is 9.90. The molecule has 11 heteroatoms. The van der Waals surface area contributed by atoms with Gasteiger partial charge in [-0.05, 0) is 67.9 Å². The Morgan fingerprint density at radius 2 is 1.82 bits per heavy atom. The van der Waals surface area contributed by atoms with Gasteiger partial charge in [0.05, 0.1) is 18.0 Å². The Labute approximate surface area is 233 Å². The van der Waals surface area contributed by atoms with Crippen molar-refractivity contribution in [2.45, 2.75) is 24.7 Å². The van der Waals surface area contributed by atoms with Crippen LogP contribution in [0.1, 0.15) is 29.5 Å². The Morgan fingerprint density at radius 1 is 1.10 bits per heavy atom. The summed E-state index contributed by atoms with van der Waals surface area (Å²) in [6.45, 7) is 7.56. The number of nitrogens with zero attached hydrogens (tertiary/aromatic N) is 3. The molecule has 3 aromatic rings. The molecular weight excluding hydrogens is 533 g/mol. The van der Waals surface area contributed by atoms with E-state index in [-0.39, 0.29) is 12.3 Å². The zero-order valence-corrected chi connectivity index (χ0v) is 23.5. The number of nitrogens with one attached hydrogen (secondary N) is 2. The number of fused-ring (bicyclic) bond motifs is 1. The first-order valence-electron chi connectivity index (χ1n) is 13.1. The highest BCUT2D eigenvalue weighted by atomic mass is 32.2. The van der Waals surface area contributed by atoms with Gasteiger partial charge in [0, 0.05) is 37.6 Å². The SMILES string of the molecule is CCONS(=O)(=O)c1cc2c(cc1F)NC(=O)C2C(=Nc1ccc(N2CCN(C)CC2)c(C)c1)c1ccccc1. The number of sulfonamides is 1. The summed E-state index contributed by atoms with van der Waals surface area (Å²) >= 11 is 0. The van der Waals surface area contributed by atoms with Crippen molar-refractivity contribution in [3.63, 3.8) is 0 Å². The number of hydrogen-bond acceptors (Lipinski definition) is 7. The molecule has 1 fully saturated rings. The van der Waals surface area contributed by atoms with Crippen molar-refractivity contribution in [1.29, 1.82) is 0 Å². The van der Waals surface area contributed by atoms with Crippen molar-refractivity contribution in [3.05, 3.63) is 83.2 Å². The van der Waals surface area contributed by atoms with Crippen molar-refractivity contribution >= 4 is 38.7 Å². The maximum atomic E-state index is 14.9. The van der Waals surface area contributed by atoms with Crippen LogP contribution < -0.4 is 15.1 Å². The van der Waals surface area contributed by atoms with Crippen molar-refractivity contribution in [1.82, 2.24) is 9.79 Å². The fourth-order valence-electron chi connectivity index (χ4n) is 5.08. The molecule has 9 nitrogen and oxygen atoms in total. The number of carbonyl (C=O) groups excluding carboxylic acids is 1. The number of piperazine rings is 1. The van der Waals surface area contributed by atoms with Crippen LogP contribution in [0, 0.1) is 12.7 Å². The molecular formula is C29H32FN5O4S. The first-order chi connectivity index (χ1) is 19.2. The van der Waals surface area contributed by atoms with E-state index in [1.807, 2.05) is 60.3 Å². The minimum absolute atomic E-state index is 0.0618. The Hall–Kier alpha value is -3.64. The highest BCUT2D eigenvalue weighted by molar-refractivity contribution is 7.89. The first-order valence-corrected chi connectivity index (χ1v) is 14.6. The average molecular weight is 566 g/mol. The molecule has 3 aromatic carbocycles. The average Bonchev–Trinajstić information content (AvgIpc) is 3.25. The summed E-state index contributed by atoms with van der Waals surface area (Å²) in [4.78, 5) is 29.0. The van der Waals surface area contributed by atoms with Gasteiger partial charge in [-0.2, -0.15) is 0 Å². The molecule has 1 amide bonds. The lowest BCUT2D eigenvalue weighted by Gasteiger charge is -2.35. The molecule has 40 heavy (non-hydrogen) atoms. The second-order valence-electron chi connectivity index (χ2n) is 9.94. The summed E-state index contributed by atoms with van der Waals surface area (Å²) in [5.74, 6) is -2.38. The van der Waals surface area contributed by atoms with Crippen molar-refractivity contribution in [2.75, 3.05) is 50.1 Å². The van der Waals surface area contributed by atoms with E-state index in [1.165, 1.54) is 6.07 Å². The van der Waals surface area contributed by atoms with E-state index in [2.05, 4.69) is 22.2 Å². The quantitative estimate of drug-likeness (QED) is 0.317. The summed E-state index contributed by atoms with van der Waals surface area (Å²) in [6, 6.07) is 17.4. The second kappa shape index (κ2) is 11.5. The van der Waals surface area contributed by atoms with Gasteiger partial charge in [-0.3, -0.25) is 14.6 Å². The standard InChI is InChI=1S/C29H32FN5O4S/c1-4-39-33-40(37,38)26-17-22-24(18-23(26)30)32-29(36)27(22)28(20-8-6-5-7-9-20)31-21-10-11-25(19(2)16-21)35-14-12-34(3)13-15-35/h5-11,16-18,27,33H,4,12-15H2,1-3H3,(H,32,36). The highest BCUT2D eigenvalue weighted by Gasteiger charge is 2.38. The third-order valence-corrected chi connectivity index (χ3v) is 8.38. The van der Waals surface area contributed by atoms with Gasteiger partial charge in [0.1, 0.15) is 16.6 Å². The minimum atomic E-state index is -4.32. The minimum Gasteiger partial charge on any atom is -0.369 e. The van der Waals surface area contributed by atoms with Crippen molar-refractivity contribution in [3.8, 4) is 0 Å². The van der Waals surface area contributed by atoms with E-state index in [0.717, 1.165) is 43.5 Å². The Balaban J connectivity index is 1.58. The molecule has 1 unspecified atom stereocenters. The number of rotatable bonds is 8. The molecule has 210 valence electrons. The smallest absolute Gasteiger partial charge is 0.265 e. The predicted octanol–water partition coefficient (Wildman–Crippen LogP) is 3.97. The largest absolute Gasteiger partial charge is 0.369 e. The van der Waals surface area contributed by atoms with Crippen LogP contribution in [0.15, 0.2) is 70.6 Å². The third-order valence-electron chi connectivity index (χ3n) is 7.15. The molecule has 2 N–H and O–H groups in total. The number of amides is 1. The molecule has 5 rings (SSSR count). The fraction of sp³-hybridized carbons (Fsp3) is 0.310. The highest BCUT2D eigenvalue weighted by Crippen LogP contribution is 2.39. The van der Waals surface area contributed by atoms with Crippen LogP contribution in [0.4, 0.5) is 21.5 Å². The van der Waals surface area contributed by atoms with Gasteiger partial charge in [-0.25, -0.2) is 12.8 Å². The van der Waals surface area contributed by atoms with Crippen LogP contribution in [0.5, 0.6) is 0 Å². The van der Waals surface area contributed by atoms with Crippen molar-refractivity contribution < 1.29 is 22.4 Å². The number of aliphatic imine (C=N–C) groups is 1. The van der Waals surface area contributed by atoms with Gasteiger partial charge in [0.2, 0.25) is 5.91 Å². The van der Waals surface area contributed by atoms with Crippen LogP contribution in [0.25, 0.3) is 0 Å². The topological polar surface area (TPSA) is 103 Å². The Bertz CT molecular complexity index is 1550. The van der Waals surface area contributed by atoms with Gasteiger partial charge < -0.3 is 15.1 Å². The molecule has 1 saturated heterocycles. The van der Waals surface area contributed by atoms with E-state index in [1.54, 1.807) is 6.92 Å². The Kier molecular flexibility index (Phi) is 7.99. The van der Waals surface area contributed by atoms with Gasteiger partial charge in [-0.15, -0.1) is 0 Å². The van der Waals surface area contributed by atoms with E-state index < -0.39 is 32.6 Å². The van der Waals surface area contributed by atoms with Gasteiger partial charge >= 0.3 is 0 Å². The van der Waals surface area contributed by atoms with E-state index >= 15 is 0 Å². The van der Waals surface area contributed by atoms with Gasteiger partial charge in [0.15, 0.2) is 0 Å². The summed E-state index contributed by atoms with van der Waals surface area (Å²) < 4.78 is 40.3. The van der Waals surface area contributed by atoms with Crippen LogP contribution in [0.3, 0.4) is 0 Å². The van der Waals surface area contributed by atoms with E-state index in [0.29, 0.717) is 22.5 Å². The molecule has 2 heterocycles. The number of aryl methyl sites for hydroxylation is 1. The molecule has 0 bridgehead atoms. The van der Waals surface area contributed by atoms with Crippen LogP contribution in [0.2, 0.25) is 0 Å². The monoisotopic (exact) mass is 565 g/mol. The first kappa shape index (κ1) is 27.9. The number of likely N-dealkylation sites (N-methyl/N-ethyl adjacent to an activating group) is 1. The lowest BCUT2D eigenvalue weighted by Crippen LogP contribution is -2.44. The summed E-state index contributed by atoms with van der Waals surface area (Å²) in [5.41, 5.74) is 4.50. The lowest BCUT2D eigenvalue weighted by molar-refractivity contribution is -0.115. The third kappa shape index (κ3) is 5.64. The molecule has 0 saturated carbocycles. The summed E-state index contributed by atoms with van der Waals surface area (Å²) in [6.07, 6.45) is 0.